The van der Waals surface area contributed by atoms with Gasteiger partial charge in [0.1, 0.15) is 0 Å². The van der Waals surface area contributed by atoms with E-state index in [0.29, 0.717) is 36.4 Å². The molecule has 4 unspecified atom stereocenters. The molecule has 8 heteroatoms. The molecule has 3 N–H and O–H groups in total. The molecular weight excluding hydrogens is 386 g/mol. The first-order valence-corrected chi connectivity index (χ1v) is 11.0. The Balaban J connectivity index is 0.00000210. The highest BCUT2D eigenvalue weighted by atomic mass is 35.5. The molecule has 0 aromatic heterocycles. The Hall–Kier alpha value is -1.15. The molecule has 4 rings (SSSR count). The molecule has 6 nitrogen and oxygen atoms in total. The molecule has 2 aliphatic carbocycles. The second-order valence-electron chi connectivity index (χ2n) is 7.91. The largest absolute Gasteiger partial charge is 0.352 e. The van der Waals surface area contributed by atoms with E-state index < -0.39 is 10.0 Å². The number of nitrogens with zero attached hydrogens (tertiary/aromatic N) is 1. The van der Waals surface area contributed by atoms with Crippen LogP contribution in [0.1, 0.15) is 37.7 Å². The first-order valence-electron chi connectivity index (χ1n) is 9.59. The topological polar surface area (TPSA) is 92.5 Å². The number of benzene rings is 1. The van der Waals surface area contributed by atoms with Crippen LogP contribution in [0, 0.1) is 17.8 Å². The number of nitrogens with one attached hydrogen (secondary N) is 1. The van der Waals surface area contributed by atoms with Gasteiger partial charge in [-0.1, -0.05) is 12.1 Å². The number of amides is 1. The van der Waals surface area contributed by atoms with Crippen molar-refractivity contribution >= 4 is 28.3 Å². The molecule has 1 amide bonds. The quantitative estimate of drug-likeness (QED) is 0.770. The lowest BCUT2D eigenvalue weighted by Crippen LogP contribution is -2.45. The third-order valence-corrected chi connectivity index (χ3v) is 8.29. The fourth-order valence-electron chi connectivity index (χ4n) is 4.89. The lowest BCUT2D eigenvalue weighted by atomic mass is 9.84. The highest BCUT2D eigenvalue weighted by Gasteiger charge is 2.48. The number of carbonyl (C=O) groups is 1. The van der Waals surface area contributed by atoms with E-state index in [2.05, 4.69) is 5.32 Å². The maximum Gasteiger partial charge on any atom is 0.243 e. The Labute approximate surface area is 167 Å². The molecule has 27 heavy (non-hydrogen) atoms. The van der Waals surface area contributed by atoms with Gasteiger partial charge >= 0.3 is 0 Å². The van der Waals surface area contributed by atoms with E-state index in [1.54, 1.807) is 28.6 Å². The lowest BCUT2D eigenvalue weighted by molar-refractivity contribution is -0.127. The van der Waals surface area contributed by atoms with Crippen LogP contribution in [0.25, 0.3) is 0 Å². The second kappa shape index (κ2) is 8.07. The van der Waals surface area contributed by atoms with Crippen LogP contribution in [-0.4, -0.2) is 37.8 Å². The molecule has 2 bridgehead atoms. The Morgan fingerprint density at radius 3 is 2.33 bits per heavy atom. The first-order chi connectivity index (χ1) is 12.5. The van der Waals surface area contributed by atoms with Crippen molar-refractivity contribution in [2.24, 2.45) is 23.5 Å². The summed E-state index contributed by atoms with van der Waals surface area (Å²) in [6, 6.07) is 6.83. The Morgan fingerprint density at radius 2 is 1.74 bits per heavy atom. The predicted molar refractivity (Wildman–Crippen MR) is 106 cm³/mol. The van der Waals surface area contributed by atoms with E-state index in [9.17, 15) is 13.2 Å². The summed E-state index contributed by atoms with van der Waals surface area (Å²) >= 11 is 0. The van der Waals surface area contributed by atoms with Gasteiger partial charge in [-0.05, 0) is 61.6 Å². The molecule has 3 aliphatic rings. The third kappa shape index (κ3) is 3.88. The van der Waals surface area contributed by atoms with Crippen molar-refractivity contribution in [1.29, 1.82) is 0 Å². The van der Waals surface area contributed by atoms with Crippen molar-refractivity contribution in [3.8, 4) is 0 Å². The molecule has 3 fully saturated rings. The van der Waals surface area contributed by atoms with Crippen molar-refractivity contribution in [2.75, 3.05) is 13.1 Å². The summed E-state index contributed by atoms with van der Waals surface area (Å²) in [6.45, 7) is 1.61. The summed E-state index contributed by atoms with van der Waals surface area (Å²) in [5.74, 6) is 0.913. The molecule has 0 radical (unpaired) electrons. The van der Waals surface area contributed by atoms with Gasteiger partial charge in [-0.25, -0.2) is 8.42 Å². The summed E-state index contributed by atoms with van der Waals surface area (Å²) in [6.07, 6.45) is 5.20. The van der Waals surface area contributed by atoms with Crippen LogP contribution in [-0.2, 0) is 21.4 Å². The highest BCUT2D eigenvalue weighted by molar-refractivity contribution is 7.89. The number of rotatable bonds is 5. The number of sulfonamides is 1. The molecule has 0 spiro atoms. The Kier molecular flexibility index (Phi) is 6.15. The van der Waals surface area contributed by atoms with Gasteiger partial charge in [0.25, 0.3) is 0 Å². The second-order valence-corrected chi connectivity index (χ2v) is 9.85. The lowest BCUT2D eigenvalue weighted by Gasteiger charge is -2.27. The smallest absolute Gasteiger partial charge is 0.243 e. The minimum atomic E-state index is -3.38. The monoisotopic (exact) mass is 413 g/mol. The van der Waals surface area contributed by atoms with Crippen LogP contribution in [0.4, 0.5) is 0 Å². The van der Waals surface area contributed by atoms with Gasteiger partial charge in [0, 0.05) is 25.7 Å². The van der Waals surface area contributed by atoms with E-state index in [1.807, 2.05) is 0 Å². The summed E-state index contributed by atoms with van der Waals surface area (Å²) < 4.78 is 26.6. The highest BCUT2D eigenvalue weighted by Crippen LogP contribution is 2.47. The number of carbonyl (C=O) groups excluding carboxylic acids is 1. The van der Waals surface area contributed by atoms with Gasteiger partial charge < -0.3 is 11.1 Å². The molecule has 1 heterocycles. The average Bonchev–Trinajstić information content (AvgIpc) is 3.37. The SMILES string of the molecule is Cl.NC1C2CCC(C2)C1C(=O)NCc1ccc(S(=O)(=O)N2CCCC2)cc1. The van der Waals surface area contributed by atoms with E-state index in [4.69, 9.17) is 5.73 Å². The third-order valence-electron chi connectivity index (χ3n) is 6.38. The molecular formula is C19H28ClN3O3S. The van der Waals surface area contributed by atoms with E-state index in [-0.39, 0.29) is 30.3 Å². The van der Waals surface area contributed by atoms with Crippen LogP contribution in [0.2, 0.25) is 0 Å². The van der Waals surface area contributed by atoms with E-state index in [1.165, 1.54) is 0 Å². The van der Waals surface area contributed by atoms with Crippen molar-refractivity contribution < 1.29 is 13.2 Å². The van der Waals surface area contributed by atoms with Gasteiger partial charge in [0.2, 0.25) is 15.9 Å². The van der Waals surface area contributed by atoms with Crippen molar-refractivity contribution in [2.45, 2.75) is 49.6 Å². The van der Waals surface area contributed by atoms with Gasteiger partial charge in [-0.2, -0.15) is 4.31 Å². The number of fused-ring (bicyclic) bond motifs is 2. The maximum absolute atomic E-state index is 12.5. The van der Waals surface area contributed by atoms with Crippen LogP contribution in [0.5, 0.6) is 0 Å². The Bertz CT molecular complexity index is 776. The number of hydrogen-bond acceptors (Lipinski definition) is 4. The zero-order valence-corrected chi connectivity index (χ0v) is 17.0. The molecule has 2 saturated carbocycles. The van der Waals surface area contributed by atoms with E-state index >= 15 is 0 Å². The van der Waals surface area contributed by atoms with Crippen LogP contribution in [0.15, 0.2) is 29.2 Å². The number of nitrogens with two attached hydrogens (primary N) is 1. The van der Waals surface area contributed by atoms with Crippen LogP contribution >= 0.6 is 12.4 Å². The summed E-state index contributed by atoms with van der Waals surface area (Å²) in [7, 11) is -3.38. The fraction of sp³-hybridized carbons (Fsp3) is 0.632. The van der Waals surface area contributed by atoms with Crippen molar-refractivity contribution in [3.63, 3.8) is 0 Å². The first kappa shape index (κ1) is 20.6. The molecule has 1 saturated heterocycles. The van der Waals surface area contributed by atoms with Gasteiger partial charge in [0.15, 0.2) is 0 Å². The fourth-order valence-corrected chi connectivity index (χ4v) is 6.41. The standard InChI is InChI=1S/C19H27N3O3S.ClH/c20-18-15-6-5-14(11-15)17(18)19(23)21-12-13-3-7-16(8-4-13)26(24,25)22-9-1-2-10-22;/h3-4,7-8,14-15,17-18H,1-2,5-6,9-12,20H2,(H,21,23);1H. The maximum atomic E-state index is 12.5. The zero-order chi connectivity index (χ0) is 18.3. The number of hydrogen-bond donors (Lipinski definition) is 2. The van der Waals surface area contributed by atoms with E-state index in [0.717, 1.165) is 37.7 Å². The molecule has 1 aromatic rings. The molecule has 1 aliphatic heterocycles. The predicted octanol–water partition coefficient (Wildman–Crippen LogP) is 1.88. The minimum absolute atomic E-state index is 0. The molecule has 150 valence electrons. The number of halogens is 1. The molecule has 1 aromatic carbocycles. The summed E-state index contributed by atoms with van der Waals surface area (Å²) in [5, 5.41) is 2.99. The van der Waals surface area contributed by atoms with Crippen LogP contribution < -0.4 is 11.1 Å². The summed E-state index contributed by atoms with van der Waals surface area (Å²) in [5.41, 5.74) is 7.13. The Morgan fingerprint density at radius 1 is 1.11 bits per heavy atom. The average molecular weight is 414 g/mol. The van der Waals surface area contributed by atoms with Crippen LogP contribution in [0.3, 0.4) is 0 Å². The molecule has 4 atom stereocenters. The zero-order valence-electron chi connectivity index (χ0n) is 15.3. The minimum Gasteiger partial charge on any atom is -0.352 e. The van der Waals surface area contributed by atoms with Gasteiger partial charge in [0.05, 0.1) is 10.8 Å². The van der Waals surface area contributed by atoms with Gasteiger partial charge in [-0.15, -0.1) is 12.4 Å². The van der Waals surface area contributed by atoms with Gasteiger partial charge in [-0.3, -0.25) is 4.79 Å². The van der Waals surface area contributed by atoms with Crippen molar-refractivity contribution in [1.82, 2.24) is 9.62 Å². The normalized spacial score (nSPS) is 30.3. The summed E-state index contributed by atoms with van der Waals surface area (Å²) in [4.78, 5) is 12.8. The van der Waals surface area contributed by atoms with Crippen molar-refractivity contribution in [3.05, 3.63) is 29.8 Å².